The number of rotatable bonds is 2. The minimum Gasteiger partial charge on any atom is -0.399 e. The highest BCUT2D eigenvalue weighted by atomic mass is 35.5. The number of carbonyl (C=O) groups excluding carboxylic acids is 1. The van der Waals surface area contributed by atoms with Crippen LogP contribution in [0.15, 0.2) is 36.5 Å². The molecule has 5 heteroatoms. The largest absolute Gasteiger partial charge is 0.399 e. The molecule has 3 N–H and O–H groups in total. The molecule has 0 unspecified atom stereocenters. The van der Waals surface area contributed by atoms with Gasteiger partial charge in [0, 0.05) is 17.4 Å². The summed E-state index contributed by atoms with van der Waals surface area (Å²) in [5.41, 5.74) is 8.05. The number of halogens is 1. The lowest BCUT2D eigenvalue weighted by Gasteiger charge is -2.07. The predicted octanol–water partition coefficient (Wildman–Crippen LogP) is 2.88. The zero-order valence-corrected chi connectivity index (χ0v) is 10.5. The maximum atomic E-state index is 12.0. The third-order valence-electron chi connectivity index (χ3n) is 2.37. The van der Waals surface area contributed by atoms with Crippen LogP contribution in [-0.2, 0) is 0 Å². The second-order valence-corrected chi connectivity index (χ2v) is 4.29. The van der Waals surface area contributed by atoms with Crippen LogP contribution in [0.3, 0.4) is 0 Å². The zero-order chi connectivity index (χ0) is 13.1. The summed E-state index contributed by atoms with van der Waals surface area (Å²) >= 11 is 5.91. The highest BCUT2D eigenvalue weighted by Crippen LogP contribution is 2.20. The molecule has 0 bridgehead atoms. The Morgan fingerprint density at radius 3 is 2.89 bits per heavy atom. The topological polar surface area (TPSA) is 68.0 Å². The van der Waals surface area contributed by atoms with E-state index in [-0.39, 0.29) is 11.1 Å². The maximum absolute atomic E-state index is 12.0. The van der Waals surface area contributed by atoms with Crippen LogP contribution in [-0.4, -0.2) is 10.9 Å². The molecule has 0 aliphatic rings. The molecular weight excluding hydrogens is 250 g/mol. The van der Waals surface area contributed by atoms with Gasteiger partial charge in [-0.3, -0.25) is 4.79 Å². The molecule has 0 saturated heterocycles. The van der Waals surface area contributed by atoms with Crippen molar-refractivity contribution in [3.05, 3.63) is 52.8 Å². The van der Waals surface area contributed by atoms with E-state index in [4.69, 9.17) is 17.3 Å². The first-order chi connectivity index (χ1) is 8.56. The van der Waals surface area contributed by atoms with Gasteiger partial charge in [0.2, 0.25) is 0 Å². The van der Waals surface area contributed by atoms with Gasteiger partial charge in [0.15, 0.2) is 5.15 Å². The van der Waals surface area contributed by atoms with Crippen molar-refractivity contribution in [2.24, 2.45) is 0 Å². The van der Waals surface area contributed by atoms with E-state index < -0.39 is 0 Å². The lowest BCUT2D eigenvalue weighted by molar-refractivity contribution is 0.102. The third-order valence-corrected chi connectivity index (χ3v) is 2.67. The molecule has 0 atom stereocenters. The number of amides is 1. The van der Waals surface area contributed by atoms with Crippen molar-refractivity contribution in [1.29, 1.82) is 0 Å². The first-order valence-corrected chi connectivity index (χ1v) is 5.73. The number of carbonyl (C=O) groups is 1. The van der Waals surface area contributed by atoms with Crippen LogP contribution in [0.2, 0.25) is 5.15 Å². The zero-order valence-electron chi connectivity index (χ0n) is 9.77. The van der Waals surface area contributed by atoms with Gasteiger partial charge in [-0.05, 0) is 36.8 Å². The summed E-state index contributed by atoms with van der Waals surface area (Å²) in [7, 11) is 0. The fourth-order valence-corrected chi connectivity index (χ4v) is 1.67. The average Bonchev–Trinajstić information content (AvgIpc) is 2.34. The number of pyridine rings is 1. The number of aryl methyl sites for hydroxylation is 1. The number of anilines is 2. The summed E-state index contributed by atoms with van der Waals surface area (Å²) in [6.07, 6.45) is 1.64. The molecule has 0 saturated carbocycles. The summed E-state index contributed by atoms with van der Waals surface area (Å²) in [6.45, 7) is 1.87. The van der Waals surface area contributed by atoms with Gasteiger partial charge in [0.25, 0.3) is 5.91 Å². The lowest BCUT2D eigenvalue weighted by atomic mass is 10.2. The molecule has 4 nitrogen and oxygen atoms in total. The molecule has 0 aliphatic carbocycles. The smallest absolute Gasteiger partial charge is 0.255 e. The summed E-state index contributed by atoms with van der Waals surface area (Å²) in [5.74, 6) is -0.267. The molecular formula is C13H12ClN3O. The number of nitrogens with two attached hydrogens (primary N) is 1. The molecule has 1 amide bonds. The van der Waals surface area contributed by atoms with Gasteiger partial charge in [0.05, 0.1) is 5.69 Å². The first kappa shape index (κ1) is 12.4. The quantitative estimate of drug-likeness (QED) is 0.645. The molecule has 1 aromatic heterocycles. The van der Waals surface area contributed by atoms with Gasteiger partial charge >= 0.3 is 0 Å². The summed E-state index contributed by atoms with van der Waals surface area (Å²) < 4.78 is 0. The van der Waals surface area contributed by atoms with Crippen molar-refractivity contribution in [3.63, 3.8) is 0 Å². The third kappa shape index (κ3) is 2.78. The van der Waals surface area contributed by atoms with E-state index >= 15 is 0 Å². The van der Waals surface area contributed by atoms with E-state index in [0.717, 1.165) is 5.56 Å². The van der Waals surface area contributed by atoms with Crippen LogP contribution in [0.1, 0.15) is 15.9 Å². The number of nitrogens with one attached hydrogen (secondary N) is 1. The summed E-state index contributed by atoms with van der Waals surface area (Å²) in [6, 6.07) is 8.49. The molecule has 0 aliphatic heterocycles. The fourth-order valence-electron chi connectivity index (χ4n) is 1.51. The number of aromatic nitrogens is 1. The molecule has 0 radical (unpaired) electrons. The maximum Gasteiger partial charge on any atom is 0.255 e. The fraction of sp³-hybridized carbons (Fsp3) is 0.0769. The van der Waals surface area contributed by atoms with E-state index in [1.165, 1.54) is 0 Å². The molecule has 2 rings (SSSR count). The Balaban J connectivity index is 2.24. The Morgan fingerprint density at radius 1 is 1.39 bits per heavy atom. The van der Waals surface area contributed by atoms with Crippen LogP contribution in [0.25, 0.3) is 0 Å². The minimum absolute atomic E-state index is 0.262. The van der Waals surface area contributed by atoms with Crippen molar-refractivity contribution >= 4 is 28.9 Å². The Kier molecular flexibility index (Phi) is 3.48. The van der Waals surface area contributed by atoms with Crippen molar-refractivity contribution in [2.75, 3.05) is 11.1 Å². The molecule has 0 fully saturated rings. The Bertz CT molecular complexity index is 599. The van der Waals surface area contributed by atoms with Crippen LogP contribution in [0, 0.1) is 6.92 Å². The number of hydrogen-bond donors (Lipinski definition) is 2. The van der Waals surface area contributed by atoms with E-state index in [2.05, 4.69) is 10.3 Å². The monoisotopic (exact) mass is 261 g/mol. The van der Waals surface area contributed by atoms with E-state index in [0.29, 0.717) is 16.9 Å². The number of nitrogens with zero attached hydrogens (tertiary/aromatic N) is 1. The van der Waals surface area contributed by atoms with E-state index in [1.54, 1.807) is 36.5 Å². The van der Waals surface area contributed by atoms with Crippen LogP contribution in [0.4, 0.5) is 11.4 Å². The van der Waals surface area contributed by atoms with Gasteiger partial charge in [-0.15, -0.1) is 0 Å². The molecule has 2 aromatic rings. The summed E-state index contributed by atoms with van der Waals surface area (Å²) in [4.78, 5) is 15.9. The van der Waals surface area contributed by atoms with Gasteiger partial charge < -0.3 is 11.1 Å². The second kappa shape index (κ2) is 5.06. The van der Waals surface area contributed by atoms with E-state index in [1.807, 2.05) is 6.92 Å². The van der Waals surface area contributed by atoms with Crippen molar-refractivity contribution < 1.29 is 4.79 Å². The van der Waals surface area contributed by atoms with E-state index in [9.17, 15) is 4.79 Å². The Labute approximate surface area is 110 Å². The van der Waals surface area contributed by atoms with Crippen LogP contribution >= 0.6 is 11.6 Å². The van der Waals surface area contributed by atoms with Gasteiger partial charge in [-0.25, -0.2) is 4.98 Å². The number of nitrogen functional groups attached to an aromatic ring is 1. The Morgan fingerprint density at radius 2 is 2.17 bits per heavy atom. The van der Waals surface area contributed by atoms with Crippen molar-refractivity contribution in [1.82, 2.24) is 4.98 Å². The van der Waals surface area contributed by atoms with Crippen LogP contribution < -0.4 is 11.1 Å². The van der Waals surface area contributed by atoms with Crippen molar-refractivity contribution in [3.8, 4) is 0 Å². The molecule has 18 heavy (non-hydrogen) atoms. The Hall–Kier alpha value is -2.07. The highest BCUT2D eigenvalue weighted by molar-refractivity contribution is 6.32. The lowest BCUT2D eigenvalue weighted by Crippen LogP contribution is -2.12. The molecule has 92 valence electrons. The SMILES string of the molecule is Cc1cnc(Cl)c(NC(=O)c2cccc(N)c2)c1. The first-order valence-electron chi connectivity index (χ1n) is 5.35. The second-order valence-electron chi connectivity index (χ2n) is 3.93. The predicted molar refractivity (Wildman–Crippen MR) is 72.8 cm³/mol. The highest BCUT2D eigenvalue weighted by Gasteiger charge is 2.09. The standard InChI is InChI=1S/C13H12ClN3O/c1-8-5-11(12(14)16-7-8)17-13(18)9-3-2-4-10(15)6-9/h2-7H,15H2,1H3,(H,17,18). The molecule has 1 aromatic carbocycles. The van der Waals surface area contributed by atoms with Gasteiger partial charge in [0.1, 0.15) is 0 Å². The number of hydrogen-bond acceptors (Lipinski definition) is 3. The summed E-state index contributed by atoms with van der Waals surface area (Å²) in [5, 5.41) is 2.97. The minimum atomic E-state index is -0.267. The van der Waals surface area contributed by atoms with Gasteiger partial charge in [-0.2, -0.15) is 0 Å². The van der Waals surface area contributed by atoms with Crippen LogP contribution in [0.5, 0.6) is 0 Å². The molecule has 0 spiro atoms. The average molecular weight is 262 g/mol. The normalized spacial score (nSPS) is 10.1. The van der Waals surface area contributed by atoms with Gasteiger partial charge in [-0.1, -0.05) is 17.7 Å². The number of benzene rings is 1. The molecule has 1 heterocycles. The van der Waals surface area contributed by atoms with Crippen molar-refractivity contribution in [2.45, 2.75) is 6.92 Å².